The van der Waals surface area contributed by atoms with Crippen LogP contribution in [0.3, 0.4) is 0 Å². The summed E-state index contributed by atoms with van der Waals surface area (Å²) in [5.41, 5.74) is 10.3. The first kappa shape index (κ1) is 21.0. The first-order valence-electron chi connectivity index (χ1n) is 10.4. The molecule has 158 valence electrons. The summed E-state index contributed by atoms with van der Waals surface area (Å²) in [5.74, 6) is -0.0524. The van der Waals surface area contributed by atoms with Crippen molar-refractivity contribution in [3.63, 3.8) is 0 Å². The quantitative estimate of drug-likeness (QED) is 0.551. The molecule has 0 spiro atoms. The van der Waals surface area contributed by atoms with Crippen molar-refractivity contribution >= 4 is 23.2 Å². The van der Waals surface area contributed by atoms with E-state index in [1.807, 2.05) is 33.8 Å². The summed E-state index contributed by atoms with van der Waals surface area (Å²) < 4.78 is 1.87. The Hall–Kier alpha value is -3.30. The fourth-order valence-electron chi connectivity index (χ4n) is 4.00. The summed E-state index contributed by atoms with van der Waals surface area (Å²) in [6, 6.07) is 16.7. The number of aromatic nitrogens is 2. The summed E-state index contributed by atoms with van der Waals surface area (Å²) in [7, 11) is 0. The van der Waals surface area contributed by atoms with Crippen LogP contribution in [0.15, 0.2) is 48.5 Å². The molecule has 1 aliphatic rings. The van der Waals surface area contributed by atoms with Gasteiger partial charge >= 0.3 is 0 Å². The highest BCUT2D eigenvalue weighted by molar-refractivity contribution is 6.31. The maximum atomic E-state index is 13.3. The van der Waals surface area contributed by atoms with Gasteiger partial charge in [-0.1, -0.05) is 43.5 Å². The zero-order chi connectivity index (χ0) is 22.0. The fourth-order valence-corrected chi connectivity index (χ4v) is 4.18. The van der Waals surface area contributed by atoms with Gasteiger partial charge < -0.3 is 10.6 Å². The molecule has 31 heavy (non-hydrogen) atoms. The number of nitrogens with two attached hydrogens (primary N) is 1. The zero-order valence-corrected chi connectivity index (χ0v) is 18.1. The number of nitrogen functional groups attached to an aromatic ring is 1. The van der Waals surface area contributed by atoms with Gasteiger partial charge in [0.15, 0.2) is 0 Å². The number of nitriles is 1. The van der Waals surface area contributed by atoms with Crippen molar-refractivity contribution in [1.29, 1.82) is 5.26 Å². The van der Waals surface area contributed by atoms with Crippen molar-refractivity contribution in [2.24, 2.45) is 0 Å². The molecule has 2 heterocycles. The predicted octanol–water partition coefficient (Wildman–Crippen LogP) is 5.04. The smallest absolute Gasteiger partial charge is 0.272 e. The molecule has 1 aliphatic heterocycles. The molecule has 0 radical (unpaired) electrons. The van der Waals surface area contributed by atoms with Crippen LogP contribution in [-0.2, 0) is 6.54 Å². The molecule has 7 heteroatoms. The number of nitrogens with zero attached hydrogens (tertiary/aromatic N) is 4. The fraction of sp³-hybridized carbons (Fsp3) is 0.292. The Kier molecular flexibility index (Phi) is 5.97. The van der Waals surface area contributed by atoms with E-state index in [1.54, 1.807) is 24.3 Å². The second kappa shape index (κ2) is 8.83. The first-order valence-corrected chi connectivity index (χ1v) is 10.8. The van der Waals surface area contributed by atoms with Crippen LogP contribution in [0.5, 0.6) is 0 Å². The van der Waals surface area contributed by atoms with E-state index in [0.717, 1.165) is 30.4 Å². The minimum Gasteiger partial charge on any atom is -0.398 e. The van der Waals surface area contributed by atoms with E-state index < -0.39 is 0 Å². The van der Waals surface area contributed by atoms with Crippen molar-refractivity contribution in [2.45, 2.75) is 38.8 Å². The van der Waals surface area contributed by atoms with Gasteiger partial charge in [0.25, 0.3) is 5.91 Å². The Morgan fingerprint density at radius 3 is 2.68 bits per heavy atom. The third-order valence-corrected chi connectivity index (χ3v) is 5.89. The lowest BCUT2D eigenvalue weighted by Gasteiger charge is -2.33. The maximum absolute atomic E-state index is 13.3. The van der Waals surface area contributed by atoms with Crippen LogP contribution in [0.2, 0.25) is 5.02 Å². The van der Waals surface area contributed by atoms with Gasteiger partial charge in [0.1, 0.15) is 5.69 Å². The summed E-state index contributed by atoms with van der Waals surface area (Å²) >= 11 is 6.04. The average Bonchev–Trinajstić information content (AvgIpc) is 3.21. The van der Waals surface area contributed by atoms with E-state index in [0.29, 0.717) is 40.8 Å². The van der Waals surface area contributed by atoms with E-state index >= 15 is 0 Å². The topological polar surface area (TPSA) is 87.9 Å². The first-order chi connectivity index (χ1) is 15.0. The van der Waals surface area contributed by atoms with Crippen LogP contribution in [0, 0.1) is 11.3 Å². The van der Waals surface area contributed by atoms with Gasteiger partial charge in [-0.15, -0.1) is 0 Å². The molecule has 6 nitrogen and oxygen atoms in total. The van der Waals surface area contributed by atoms with Crippen molar-refractivity contribution in [2.75, 3.05) is 12.3 Å². The zero-order valence-electron chi connectivity index (χ0n) is 17.4. The van der Waals surface area contributed by atoms with Gasteiger partial charge in [0.05, 0.1) is 23.4 Å². The van der Waals surface area contributed by atoms with Gasteiger partial charge in [-0.2, -0.15) is 10.4 Å². The lowest BCUT2D eigenvalue weighted by atomic mass is 10.0. The molecule has 2 aromatic carbocycles. The van der Waals surface area contributed by atoms with E-state index in [9.17, 15) is 4.79 Å². The van der Waals surface area contributed by atoms with Crippen molar-refractivity contribution in [3.8, 4) is 17.3 Å². The van der Waals surface area contributed by atoms with E-state index in [-0.39, 0.29) is 11.9 Å². The number of rotatable bonds is 6. The number of anilines is 1. The van der Waals surface area contributed by atoms with E-state index in [2.05, 4.69) is 13.0 Å². The molecule has 4 rings (SSSR count). The minimum absolute atomic E-state index is 0.0524. The van der Waals surface area contributed by atoms with Crippen LogP contribution in [0.4, 0.5) is 5.69 Å². The lowest BCUT2D eigenvalue weighted by molar-refractivity contribution is 0.0635. The molecule has 0 fully saturated rings. The number of hydrogen-bond donors (Lipinski definition) is 1. The molecule has 0 aliphatic carbocycles. The molecule has 0 bridgehead atoms. The highest BCUT2D eigenvalue weighted by Crippen LogP contribution is 2.33. The summed E-state index contributed by atoms with van der Waals surface area (Å²) in [6.07, 6.45) is 3.08. The third-order valence-electron chi connectivity index (χ3n) is 5.66. The minimum atomic E-state index is -0.0524. The monoisotopic (exact) mass is 433 g/mol. The van der Waals surface area contributed by atoms with Crippen LogP contribution in [0.1, 0.15) is 53.8 Å². The van der Waals surface area contributed by atoms with Crippen LogP contribution in [-0.4, -0.2) is 27.1 Å². The second-order valence-corrected chi connectivity index (χ2v) is 8.32. The highest BCUT2D eigenvalue weighted by atomic mass is 35.5. The molecule has 1 atom stereocenters. The lowest BCUT2D eigenvalue weighted by Crippen LogP contribution is -2.42. The predicted molar refractivity (Wildman–Crippen MR) is 122 cm³/mol. The van der Waals surface area contributed by atoms with E-state index in [1.165, 1.54) is 0 Å². The summed E-state index contributed by atoms with van der Waals surface area (Å²) in [4.78, 5) is 15.2. The van der Waals surface area contributed by atoms with Gasteiger partial charge in [-0.05, 0) is 48.4 Å². The Morgan fingerprint density at radius 2 is 2.00 bits per heavy atom. The molecule has 1 unspecified atom stereocenters. The van der Waals surface area contributed by atoms with Gasteiger partial charge in [-0.3, -0.25) is 9.48 Å². The Bertz CT molecular complexity index is 1150. The molecular formula is C24H24ClN5O. The van der Waals surface area contributed by atoms with Crippen molar-refractivity contribution in [3.05, 3.63) is 70.4 Å². The van der Waals surface area contributed by atoms with Crippen molar-refractivity contribution in [1.82, 2.24) is 14.7 Å². The number of unbranched alkanes of at least 4 members (excludes halogenated alkanes) is 1. The molecule has 3 aromatic rings. The number of carbonyl (C=O) groups excluding carboxylic acids is 1. The number of amides is 1. The maximum Gasteiger partial charge on any atom is 0.272 e. The number of benzene rings is 2. The molecule has 1 aromatic heterocycles. The Morgan fingerprint density at radius 1 is 1.23 bits per heavy atom. The second-order valence-electron chi connectivity index (χ2n) is 7.88. The SMILES string of the molecule is CCCCC1CN(Cc2ccc(C#N)cc2)C(=O)c2cc(-c3ccc(Cl)cc3N)nn21. The molecule has 0 saturated heterocycles. The number of hydrogen-bond acceptors (Lipinski definition) is 4. The van der Waals surface area contributed by atoms with Gasteiger partial charge in [0.2, 0.25) is 0 Å². The standard InChI is InChI=1S/C24H24ClN5O/c1-2-3-4-19-15-29(14-17-7-5-16(13-26)6-8-17)24(31)23-12-22(28-30(19)23)20-10-9-18(25)11-21(20)27/h5-12,19H,2-4,14-15,27H2,1H3. The summed E-state index contributed by atoms with van der Waals surface area (Å²) in [5, 5.41) is 14.3. The highest BCUT2D eigenvalue weighted by Gasteiger charge is 2.33. The van der Waals surface area contributed by atoms with Crippen LogP contribution in [0.25, 0.3) is 11.3 Å². The summed E-state index contributed by atoms with van der Waals surface area (Å²) in [6.45, 7) is 3.26. The van der Waals surface area contributed by atoms with Crippen LogP contribution >= 0.6 is 11.6 Å². The largest absolute Gasteiger partial charge is 0.398 e. The Labute approximate surface area is 186 Å². The number of fused-ring (bicyclic) bond motifs is 1. The molecule has 0 saturated carbocycles. The Balaban J connectivity index is 1.67. The molecule has 1 amide bonds. The van der Waals surface area contributed by atoms with Crippen LogP contribution < -0.4 is 5.73 Å². The van der Waals surface area contributed by atoms with E-state index in [4.69, 9.17) is 27.7 Å². The third kappa shape index (κ3) is 4.28. The normalized spacial score (nSPS) is 15.6. The number of halogens is 1. The van der Waals surface area contributed by atoms with Gasteiger partial charge in [0, 0.05) is 29.4 Å². The molecule has 2 N–H and O–H groups in total. The van der Waals surface area contributed by atoms with Crippen molar-refractivity contribution < 1.29 is 4.79 Å². The molecular weight excluding hydrogens is 410 g/mol. The average molecular weight is 434 g/mol. The van der Waals surface area contributed by atoms with Gasteiger partial charge in [-0.25, -0.2) is 0 Å². The number of carbonyl (C=O) groups is 1.